The second-order valence-electron chi connectivity index (χ2n) is 6.91. The van der Waals surface area contributed by atoms with E-state index in [1.54, 1.807) is 0 Å². The van der Waals surface area contributed by atoms with Crippen molar-refractivity contribution < 1.29 is 13.3 Å². The normalized spacial score (nSPS) is 14.0. The lowest BCUT2D eigenvalue weighted by molar-refractivity contribution is -0.757. The van der Waals surface area contributed by atoms with E-state index in [4.69, 9.17) is 0 Å². The second-order valence-corrected chi connectivity index (χ2v) is 7.94. The lowest BCUT2D eigenvalue weighted by Gasteiger charge is -2.34. The third kappa shape index (κ3) is 2.34. The summed E-state index contributed by atoms with van der Waals surface area (Å²) in [5.74, 6) is -2.84. The summed E-state index contributed by atoms with van der Waals surface area (Å²) in [4.78, 5) is 0. The van der Waals surface area contributed by atoms with Crippen molar-refractivity contribution in [2.24, 2.45) is 5.41 Å². The SMILES string of the molecule is CC(F)(F)c1sc2ccccc2[n+]1C(C)(C)C(C)(C)C. The van der Waals surface area contributed by atoms with Crippen LogP contribution < -0.4 is 4.57 Å². The number of thiazole rings is 1. The molecular formula is C16H22F2NS+. The second kappa shape index (κ2) is 4.48. The first-order chi connectivity index (χ1) is 8.96. The Hall–Kier alpha value is -1.03. The molecular weight excluding hydrogens is 276 g/mol. The van der Waals surface area contributed by atoms with E-state index in [0.29, 0.717) is 0 Å². The Bertz CT molecular complexity index is 630. The molecule has 110 valence electrons. The zero-order valence-corrected chi connectivity index (χ0v) is 13.7. The van der Waals surface area contributed by atoms with Crippen LogP contribution in [0.1, 0.15) is 46.6 Å². The summed E-state index contributed by atoms with van der Waals surface area (Å²) in [5.41, 5.74) is 0.331. The van der Waals surface area contributed by atoms with Crippen molar-refractivity contribution >= 4 is 21.6 Å². The molecule has 1 aromatic heterocycles. The molecule has 0 aliphatic heterocycles. The Morgan fingerprint density at radius 2 is 1.50 bits per heavy atom. The van der Waals surface area contributed by atoms with Crippen LogP contribution >= 0.6 is 11.3 Å². The van der Waals surface area contributed by atoms with Crippen LogP contribution in [0.2, 0.25) is 0 Å². The Morgan fingerprint density at radius 1 is 0.950 bits per heavy atom. The van der Waals surface area contributed by atoms with Crippen molar-refractivity contribution in [3.8, 4) is 0 Å². The lowest BCUT2D eigenvalue weighted by Crippen LogP contribution is -2.61. The summed E-state index contributed by atoms with van der Waals surface area (Å²) >= 11 is 1.19. The summed E-state index contributed by atoms with van der Waals surface area (Å²) < 4.78 is 30.9. The van der Waals surface area contributed by atoms with Gasteiger partial charge in [-0.1, -0.05) is 44.2 Å². The van der Waals surface area contributed by atoms with Gasteiger partial charge in [-0.05, 0) is 6.07 Å². The molecule has 1 nitrogen and oxygen atoms in total. The maximum absolute atomic E-state index is 14.1. The van der Waals surface area contributed by atoms with Crippen molar-refractivity contribution in [3.63, 3.8) is 0 Å². The summed E-state index contributed by atoms with van der Waals surface area (Å²) in [6.07, 6.45) is 0. The van der Waals surface area contributed by atoms with Gasteiger partial charge < -0.3 is 0 Å². The van der Waals surface area contributed by atoms with Crippen LogP contribution in [0, 0.1) is 5.41 Å². The molecule has 20 heavy (non-hydrogen) atoms. The molecule has 4 heteroatoms. The van der Waals surface area contributed by atoms with Gasteiger partial charge in [0.2, 0.25) is 5.52 Å². The Morgan fingerprint density at radius 3 is 2.00 bits per heavy atom. The van der Waals surface area contributed by atoms with Crippen LogP contribution in [-0.4, -0.2) is 0 Å². The first-order valence-electron chi connectivity index (χ1n) is 6.78. The number of hydrogen-bond acceptors (Lipinski definition) is 1. The van der Waals surface area contributed by atoms with Gasteiger partial charge in [-0.25, -0.2) is 0 Å². The predicted molar refractivity (Wildman–Crippen MR) is 80.4 cm³/mol. The molecule has 1 aromatic carbocycles. The van der Waals surface area contributed by atoms with Crippen LogP contribution in [0.4, 0.5) is 8.78 Å². The van der Waals surface area contributed by atoms with E-state index < -0.39 is 11.5 Å². The van der Waals surface area contributed by atoms with Crippen LogP contribution in [-0.2, 0) is 11.5 Å². The van der Waals surface area contributed by atoms with Gasteiger partial charge in [-0.15, -0.1) is 0 Å². The maximum Gasteiger partial charge on any atom is 0.337 e. The van der Waals surface area contributed by atoms with Gasteiger partial charge in [-0.2, -0.15) is 13.3 Å². The minimum absolute atomic E-state index is 0.124. The van der Waals surface area contributed by atoms with E-state index in [9.17, 15) is 8.78 Å². The number of nitrogens with zero attached hydrogens (tertiary/aromatic N) is 1. The van der Waals surface area contributed by atoms with Gasteiger partial charge in [-0.3, -0.25) is 0 Å². The Balaban J connectivity index is 2.86. The first-order valence-corrected chi connectivity index (χ1v) is 7.60. The number of rotatable bonds is 2. The molecule has 2 rings (SSSR count). The standard InChI is InChI=1S/C16H22F2NS/c1-14(2,3)15(4,5)19-11-9-7-8-10-12(11)20-13(19)16(6,17)18/h7-10H,1-6H3/q+1. The highest BCUT2D eigenvalue weighted by Gasteiger charge is 2.50. The van der Waals surface area contributed by atoms with E-state index >= 15 is 0 Å². The number of alkyl halides is 2. The van der Waals surface area contributed by atoms with Gasteiger partial charge in [0.1, 0.15) is 4.70 Å². The van der Waals surface area contributed by atoms with Crippen molar-refractivity contribution in [2.45, 2.75) is 53.0 Å². The third-order valence-corrected chi connectivity index (χ3v) is 5.59. The molecule has 0 saturated heterocycles. The average molecular weight is 298 g/mol. The maximum atomic E-state index is 14.1. The van der Waals surface area contributed by atoms with E-state index in [1.165, 1.54) is 11.3 Å². The van der Waals surface area contributed by atoms with E-state index in [1.807, 2.05) is 42.7 Å². The third-order valence-electron chi connectivity index (χ3n) is 4.29. The fourth-order valence-corrected chi connectivity index (χ4v) is 3.38. The summed E-state index contributed by atoms with van der Waals surface area (Å²) in [6.45, 7) is 11.3. The molecule has 0 atom stereocenters. The highest BCUT2D eigenvalue weighted by Crippen LogP contribution is 2.39. The number of halogens is 2. The summed E-state index contributed by atoms with van der Waals surface area (Å²) in [5, 5.41) is 0.124. The predicted octanol–water partition coefficient (Wildman–Crippen LogP) is 5.08. The van der Waals surface area contributed by atoms with Crippen LogP contribution in [0.15, 0.2) is 24.3 Å². The number of hydrogen-bond donors (Lipinski definition) is 0. The lowest BCUT2D eigenvalue weighted by atomic mass is 9.76. The Kier molecular flexibility index (Phi) is 3.44. The van der Waals surface area contributed by atoms with Crippen LogP contribution in [0.3, 0.4) is 0 Å². The number of benzene rings is 1. The number of fused-ring (bicyclic) bond motifs is 1. The fourth-order valence-electron chi connectivity index (χ4n) is 2.16. The molecule has 0 fully saturated rings. The van der Waals surface area contributed by atoms with E-state index in [-0.39, 0.29) is 10.4 Å². The van der Waals surface area contributed by atoms with Crippen LogP contribution in [0.5, 0.6) is 0 Å². The van der Waals surface area contributed by atoms with Crippen molar-refractivity contribution in [1.29, 1.82) is 0 Å². The summed E-state index contributed by atoms with van der Waals surface area (Å²) in [6, 6.07) is 7.63. The van der Waals surface area contributed by atoms with Crippen molar-refractivity contribution in [1.82, 2.24) is 0 Å². The molecule has 0 bridgehead atoms. The zero-order chi connectivity index (χ0) is 15.3. The largest absolute Gasteiger partial charge is 0.337 e. The zero-order valence-electron chi connectivity index (χ0n) is 12.9. The van der Waals surface area contributed by atoms with Gasteiger partial charge in [0.25, 0.3) is 0 Å². The molecule has 0 N–H and O–H groups in total. The van der Waals surface area contributed by atoms with Crippen LogP contribution in [0.25, 0.3) is 10.2 Å². The minimum Gasteiger partial charge on any atom is -0.194 e. The molecule has 0 spiro atoms. The van der Waals surface area contributed by atoms with Gasteiger partial charge in [0.15, 0.2) is 5.54 Å². The molecule has 0 amide bonds. The fraction of sp³-hybridized carbons (Fsp3) is 0.562. The molecule has 1 heterocycles. The van der Waals surface area contributed by atoms with Gasteiger partial charge in [0.05, 0.1) is 0 Å². The highest BCUT2D eigenvalue weighted by molar-refractivity contribution is 7.18. The monoisotopic (exact) mass is 298 g/mol. The quantitative estimate of drug-likeness (QED) is 0.681. The molecule has 2 aromatic rings. The molecule has 0 radical (unpaired) electrons. The first kappa shape index (κ1) is 15.4. The molecule has 0 aliphatic rings. The molecule has 0 unspecified atom stereocenters. The molecule has 0 aliphatic carbocycles. The number of para-hydroxylation sites is 1. The topological polar surface area (TPSA) is 3.88 Å². The van der Waals surface area contributed by atoms with E-state index in [0.717, 1.165) is 17.1 Å². The smallest absolute Gasteiger partial charge is 0.194 e. The van der Waals surface area contributed by atoms with E-state index in [2.05, 4.69) is 20.8 Å². The molecule has 0 saturated carbocycles. The summed E-state index contributed by atoms with van der Waals surface area (Å²) in [7, 11) is 0. The average Bonchev–Trinajstić information content (AvgIpc) is 2.66. The number of aromatic nitrogens is 1. The Labute approximate surface area is 123 Å². The van der Waals surface area contributed by atoms with Gasteiger partial charge >= 0.3 is 10.9 Å². The van der Waals surface area contributed by atoms with Crippen molar-refractivity contribution in [3.05, 3.63) is 29.3 Å². The minimum atomic E-state index is -2.84. The van der Waals surface area contributed by atoms with Gasteiger partial charge in [0, 0.05) is 32.3 Å². The van der Waals surface area contributed by atoms with Crippen molar-refractivity contribution in [2.75, 3.05) is 0 Å². The highest BCUT2D eigenvalue weighted by atomic mass is 32.1.